The van der Waals surface area contributed by atoms with Gasteiger partial charge < -0.3 is 10.3 Å². The van der Waals surface area contributed by atoms with E-state index >= 15 is 0 Å². The van der Waals surface area contributed by atoms with Crippen LogP contribution in [-0.2, 0) is 27.6 Å². The first-order chi connectivity index (χ1) is 18.0. The van der Waals surface area contributed by atoms with Crippen LogP contribution in [0.25, 0.3) is 21.8 Å². The highest BCUT2D eigenvalue weighted by molar-refractivity contribution is 7.90. The molecule has 196 valence electrons. The van der Waals surface area contributed by atoms with Crippen molar-refractivity contribution in [3.05, 3.63) is 93.5 Å². The first-order valence-electron chi connectivity index (χ1n) is 11.7. The number of H-pyrrole nitrogens is 1. The predicted molar refractivity (Wildman–Crippen MR) is 150 cm³/mol. The second-order valence-corrected chi connectivity index (χ2v) is 11.3. The minimum absolute atomic E-state index is 0.0517. The fourth-order valence-electron chi connectivity index (χ4n) is 4.14. The number of nitrogens with one attached hydrogen (secondary N) is 2. The normalized spacial score (nSPS) is 12.8. The van der Waals surface area contributed by atoms with E-state index in [0.29, 0.717) is 32.7 Å². The van der Waals surface area contributed by atoms with E-state index in [1.807, 2.05) is 19.1 Å². The maximum absolute atomic E-state index is 14.5. The molecule has 0 fully saturated rings. The summed E-state index contributed by atoms with van der Waals surface area (Å²) in [6.45, 7) is 7.16. The topological polar surface area (TPSA) is 104 Å². The lowest BCUT2D eigenvalue weighted by Crippen LogP contribution is -2.24. The van der Waals surface area contributed by atoms with Gasteiger partial charge in [0.25, 0.3) is 5.91 Å². The summed E-state index contributed by atoms with van der Waals surface area (Å²) in [6.07, 6.45) is 5.87. The fraction of sp³-hybridized carbons (Fsp3) is 0.179. The van der Waals surface area contributed by atoms with Crippen molar-refractivity contribution >= 4 is 55.9 Å². The van der Waals surface area contributed by atoms with Crippen LogP contribution in [0.15, 0.2) is 76.0 Å². The van der Waals surface area contributed by atoms with Crippen molar-refractivity contribution in [2.75, 3.05) is 6.26 Å². The molecule has 0 aliphatic carbocycles. The van der Waals surface area contributed by atoms with Gasteiger partial charge in [0.1, 0.15) is 5.82 Å². The fourth-order valence-corrected chi connectivity index (χ4v) is 5.23. The largest absolute Gasteiger partial charge is 0.360 e. The van der Waals surface area contributed by atoms with E-state index < -0.39 is 21.6 Å². The number of allylic oxidation sites excluding steroid dienone is 2. The molecular formula is C28H26ClFN4O3S. The Morgan fingerprint density at radius 1 is 1.24 bits per heavy atom. The molecule has 2 aromatic carbocycles. The summed E-state index contributed by atoms with van der Waals surface area (Å²) < 4.78 is 39.5. The van der Waals surface area contributed by atoms with Gasteiger partial charge in [-0.15, -0.1) is 0 Å². The molecule has 2 heterocycles. The van der Waals surface area contributed by atoms with Crippen molar-refractivity contribution in [1.82, 2.24) is 15.3 Å². The molecule has 4 aromatic rings. The lowest BCUT2D eigenvalue weighted by Gasteiger charge is -2.11. The number of aromatic amines is 1. The Bertz CT molecular complexity index is 1760. The molecule has 2 N–H and O–H groups in total. The Morgan fingerprint density at radius 3 is 2.68 bits per heavy atom. The first kappa shape index (κ1) is 27.2. The molecule has 0 aliphatic rings. The molecule has 1 amide bonds. The molecule has 7 nitrogen and oxygen atoms in total. The van der Waals surface area contributed by atoms with Crippen LogP contribution >= 0.6 is 11.6 Å². The van der Waals surface area contributed by atoms with Crippen molar-refractivity contribution in [2.45, 2.75) is 31.8 Å². The summed E-state index contributed by atoms with van der Waals surface area (Å²) in [5, 5.41) is 4.56. The quantitative estimate of drug-likeness (QED) is 0.168. The first-order valence-corrected chi connectivity index (χ1v) is 13.9. The van der Waals surface area contributed by atoms with E-state index in [2.05, 4.69) is 27.0 Å². The third-order valence-electron chi connectivity index (χ3n) is 6.07. The monoisotopic (exact) mass is 552 g/mol. The van der Waals surface area contributed by atoms with Gasteiger partial charge in [0.2, 0.25) is 0 Å². The Kier molecular flexibility index (Phi) is 7.80. The Morgan fingerprint density at radius 2 is 2.00 bits per heavy atom. The molecule has 0 aliphatic heterocycles. The summed E-state index contributed by atoms with van der Waals surface area (Å²) in [4.78, 5) is 24.2. The summed E-state index contributed by atoms with van der Waals surface area (Å²) in [5.41, 5.74) is 3.50. The Hall–Kier alpha value is -3.82. The zero-order valence-electron chi connectivity index (χ0n) is 21.1. The second kappa shape index (κ2) is 10.9. The number of benzene rings is 2. The van der Waals surface area contributed by atoms with Gasteiger partial charge >= 0.3 is 0 Å². The number of hydrogen-bond acceptors (Lipinski definition) is 5. The number of sulfone groups is 1. The van der Waals surface area contributed by atoms with Crippen molar-refractivity contribution in [1.29, 1.82) is 0 Å². The number of amides is 1. The molecule has 2 aromatic heterocycles. The van der Waals surface area contributed by atoms with E-state index in [0.717, 1.165) is 17.2 Å². The molecule has 0 radical (unpaired) electrons. The van der Waals surface area contributed by atoms with Gasteiger partial charge in [-0.3, -0.25) is 9.79 Å². The number of aliphatic imine (C=N–C) groups is 1. The van der Waals surface area contributed by atoms with Crippen LogP contribution in [0.3, 0.4) is 0 Å². The summed E-state index contributed by atoms with van der Waals surface area (Å²) in [5.74, 6) is -0.932. The minimum Gasteiger partial charge on any atom is -0.360 e. The van der Waals surface area contributed by atoms with Crippen LogP contribution in [0.5, 0.6) is 0 Å². The minimum atomic E-state index is -3.64. The number of hydrogen-bond donors (Lipinski definition) is 2. The van der Waals surface area contributed by atoms with Crippen LogP contribution in [0.4, 0.5) is 4.39 Å². The lowest BCUT2D eigenvalue weighted by atomic mass is 10.1. The third-order valence-corrected chi connectivity index (χ3v) is 7.44. The standard InChI is InChI=1S/C28H26ClFN4O3S/c1-5-17(27(35)33-14-20-12-22-23(29)15-32-26(22)13-24(20)30)10-21(31-3)11-19-9-18-8-16(2)6-7-25(18)34-28(19)38(4,36)37/h5-10,12-13,15,32H,3,11,14H2,1-2,4H3,(H,33,35)/b17-5+,21-10-. The highest BCUT2D eigenvalue weighted by Gasteiger charge is 2.19. The van der Waals surface area contributed by atoms with Crippen molar-refractivity contribution in [2.24, 2.45) is 4.99 Å². The summed E-state index contributed by atoms with van der Waals surface area (Å²) >= 11 is 6.13. The molecule has 0 unspecified atom stereocenters. The second-order valence-electron chi connectivity index (χ2n) is 8.94. The number of nitrogens with zero attached hydrogens (tertiary/aromatic N) is 2. The average molecular weight is 553 g/mol. The van der Waals surface area contributed by atoms with Crippen LogP contribution < -0.4 is 5.32 Å². The Labute approximate surface area is 225 Å². The van der Waals surface area contributed by atoms with Gasteiger partial charge in [0.15, 0.2) is 14.9 Å². The number of halogens is 2. The van der Waals surface area contributed by atoms with Gasteiger partial charge in [-0.25, -0.2) is 17.8 Å². The van der Waals surface area contributed by atoms with E-state index in [1.165, 1.54) is 12.1 Å². The summed E-state index contributed by atoms with van der Waals surface area (Å²) in [7, 11) is -3.64. The van der Waals surface area contributed by atoms with E-state index in [9.17, 15) is 17.6 Å². The zero-order chi connectivity index (χ0) is 27.6. The van der Waals surface area contributed by atoms with Gasteiger partial charge in [-0.1, -0.05) is 29.3 Å². The number of fused-ring (bicyclic) bond motifs is 2. The lowest BCUT2D eigenvalue weighted by molar-refractivity contribution is -0.117. The Balaban J connectivity index is 1.59. The maximum Gasteiger partial charge on any atom is 0.251 e. The molecule has 10 heteroatoms. The van der Waals surface area contributed by atoms with Crippen molar-refractivity contribution in [3.8, 4) is 0 Å². The zero-order valence-corrected chi connectivity index (χ0v) is 22.7. The van der Waals surface area contributed by atoms with Gasteiger partial charge in [0, 0.05) is 58.5 Å². The molecule has 0 saturated heterocycles. The molecule has 4 rings (SSSR count). The number of carbonyl (C=O) groups excluding carboxylic acids is 1. The third kappa shape index (κ3) is 5.84. The van der Waals surface area contributed by atoms with Crippen molar-refractivity contribution < 1.29 is 17.6 Å². The number of aromatic nitrogens is 2. The highest BCUT2D eigenvalue weighted by Crippen LogP contribution is 2.27. The number of aryl methyl sites for hydroxylation is 1. The van der Waals surface area contributed by atoms with Crippen LogP contribution in [-0.4, -0.2) is 37.3 Å². The van der Waals surface area contributed by atoms with Crippen LogP contribution in [0.1, 0.15) is 23.6 Å². The van der Waals surface area contributed by atoms with Gasteiger partial charge in [0.05, 0.1) is 10.5 Å². The van der Waals surface area contributed by atoms with E-state index in [-0.39, 0.29) is 29.1 Å². The SMILES string of the molecule is C=N/C(=C\C(=C/C)C(=O)NCc1cc2c(Cl)c[nH]c2cc1F)Cc1cc2cc(C)ccc2nc1S(C)(=O)=O. The smallest absolute Gasteiger partial charge is 0.251 e. The van der Waals surface area contributed by atoms with Gasteiger partial charge in [-0.2, -0.15) is 0 Å². The molecule has 0 atom stereocenters. The average Bonchev–Trinajstić information content (AvgIpc) is 3.22. The van der Waals surface area contributed by atoms with Crippen LogP contribution in [0, 0.1) is 12.7 Å². The molecular weight excluding hydrogens is 527 g/mol. The van der Waals surface area contributed by atoms with E-state index in [1.54, 1.807) is 37.4 Å². The number of rotatable bonds is 8. The van der Waals surface area contributed by atoms with E-state index in [4.69, 9.17) is 11.6 Å². The van der Waals surface area contributed by atoms with Crippen LogP contribution in [0.2, 0.25) is 5.02 Å². The molecule has 0 bridgehead atoms. The number of carbonyl (C=O) groups is 1. The maximum atomic E-state index is 14.5. The number of pyridine rings is 1. The summed E-state index contributed by atoms with van der Waals surface area (Å²) in [6, 6.07) is 10.3. The van der Waals surface area contributed by atoms with Gasteiger partial charge in [-0.05, 0) is 62.5 Å². The van der Waals surface area contributed by atoms with Crippen molar-refractivity contribution in [3.63, 3.8) is 0 Å². The molecule has 0 spiro atoms. The highest BCUT2D eigenvalue weighted by atomic mass is 35.5. The molecule has 38 heavy (non-hydrogen) atoms. The predicted octanol–water partition coefficient (Wildman–Crippen LogP) is 5.61. The molecule has 0 saturated carbocycles.